The van der Waals surface area contributed by atoms with E-state index in [1.807, 2.05) is 6.92 Å². The number of allylic oxidation sites excluding steroid dienone is 4. The minimum atomic E-state index is -0.704. The van der Waals surface area contributed by atoms with Gasteiger partial charge in [-0.1, -0.05) is 6.92 Å². The van der Waals surface area contributed by atoms with Crippen LogP contribution in [0.15, 0.2) is 23.8 Å². The number of hydrogen-bond donors (Lipinski definition) is 0. The lowest BCUT2D eigenvalue weighted by Crippen LogP contribution is -1.86. The minimum Gasteiger partial charge on any atom is -0.204 e. The van der Waals surface area contributed by atoms with Crippen LogP contribution in [0.25, 0.3) is 0 Å². The van der Waals surface area contributed by atoms with Gasteiger partial charge < -0.3 is 0 Å². The molecular formula is C8H10F2. The molecule has 10 heavy (non-hydrogen) atoms. The average molecular weight is 144 g/mol. The van der Waals surface area contributed by atoms with Gasteiger partial charge in [0.25, 0.3) is 0 Å². The van der Waals surface area contributed by atoms with Crippen LogP contribution in [0.1, 0.15) is 19.8 Å². The lowest BCUT2D eigenvalue weighted by molar-refractivity contribution is 0.538. The van der Waals surface area contributed by atoms with Crippen molar-refractivity contribution < 1.29 is 8.78 Å². The van der Waals surface area contributed by atoms with Crippen LogP contribution in [0.3, 0.4) is 0 Å². The molecule has 0 nitrogen and oxygen atoms in total. The highest BCUT2D eigenvalue weighted by atomic mass is 19.2. The van der Waals surface area contributed by atoms with E-state index in [9.17, 15) is 8.78 Å². The van der Waals surface area contributed by atoms with Crippen molar-refractivity contribution >= 4 is 0 Å². The van der Waals surface area contributed by atoms with Crippen molar-refractivity contribution in [2.24, 2.45) is 5.92 Å². The predicted octanol–water partition coefficient (Wildman–Crippen LogP) is 3.12. The van der Waals surface area contributed by atoms with Crippen molar-refractivity contribution in [2.45, 2.75) is 19.8 Å². The van der Waals surface area contributed by atoms with Gasteiger partial charge in [-0.2, -0.15) is 0 Å². The Kier molecular flexibility index (Phi) is 2.20. The van der Waals surface area contributed by atoms with Crippen LogP contribution in [-0.2, 0) is 0 Å². The molecule has 0 aromatic rings. The fourth-order valence-corrected chi connectivity index (χ4v) is 0.983. The molecule has 1 rings (SSSR count). The van der Waals surface area contributed by atoms with E-state index >= 15 is 0 Å². The van der Waals surface area contributed by atoms with E-state index in [1.165, 1.54) is 12.2 Å². The van der Waals surface area contributed by atoms with Crippen LogP contribution in [0, 0.1) is 5.92 Å². The maximum absolute atomic E-state index is 12.5. The maximum Gasteiger partial charge on any atom is 0.154 e. The zero-order valence-corrected chi connectivity index (χ0v) is 5.90. The highest BCUT2D eigenvalue weighted by molar-refractivity contribution is 5.20. The predicted molar refractivity (Wildman–Crippen MR) is 36.8 cm³/mol. The third kappa shape index (κ3) is 1.66. The SMILES string of the molecule is CC1C=C(F)C(F)=CCC1. The van der Waals surface area contributed by atoms with Gasteiger partial charge >= 0.3 is 0 Å². The van der Waals surface area contributed by atoms with Gasteiger partial charge in [0.05, 0.1) is 0 Å². The third-order valence-corrected chi connectivity index (χ3v) is 1.60. The lowest BCUT2D eigenvalue weighted by atomic mass is 10.1. The van der Waals surface area contributed by atoms with E-state index in [2.05, 4.69) is 0 Å². The molecule has 0 aliphatic heterocycles. The summed E-state index contributed by atoms with van der Waals surface area (Å²) < 4.78 is 24.9. The van der Waals surface area contributed by atoms with Gasteiger partial charge in [-0.3, -0.25) is 0 Å². The molecule has 56 valence electrons. The summed E-state index contributed by atoms with van der Waals surface area (Å²) >= 11 is 0. The lowest BCUT2D eigenvalue weighted by Gasteiger charge is -1.98. The fraction of sp³-hybridized carbons (Fsp3) is 0.500. The molecule has 0 aromatic carbocycles. The molecule has 2 heteroatoms. The summed E-state index contributed by atoms with van der Waals surface area (Å²) in [6, 6.07) is 0. The van der Waals surface area contributed by atoms with Gasteiger partial charge in [0.2, 0.25) is 0 Å². The number of hydrogen-bond acceptors (Lipinski definition) is 0. The monoisotopic (exact) mass is 144 g/mol. The van der Waals surface area contributed by atoms with Gasteiger partial charge in [0.1, 0.15) is 0 Å². The Morgan fingerprint density at radius 2 is 2.10 bits per heavy atom. The van der Waals surface area contributed by atoms with Crippen LogP contribution >= 0.6 is 0 Å². The summed E-state index contributed by atoms with van der Waals surface area (Å²) in [6.07, 6.45) is 4.10. The van der Waals surface area contributed by atoms with Crippen molar-refractivity contribution in [3.05, 3.63) is 23.8 Å². The van der Waals surface area contributed by atoms with Crippen LogP contribution < -0.4 is 0 Å². The van der Waals surface area contributed by atoms with E-state index < -0.39 is 11.7 Å². The van der Waals surface area contributed by atoms with E-state index in [1.54, 1.807) is 0 Å². The van der Waals surface area contributed by atoms with Gasteiger partial charge in [0.15, 0.2) is 11.7 Å². The zero-order chi connectivity index (χ0) is 7.56. The van der Waals surface area contributed by atoms with E-state index in [-0.39, 0.29) is 5.92 Å². The van der Waals surface area contributed by atoms with E-state index in [0.29, 0.717) is 6.42 Å². The zero-order valence-electron chi connectivity index (χ0n) is 5.90. The molecule has 0 fully saturated rings. The van der Waals surface area contributed by atoms with E-state index in [0.717, 1.165) is 6.42 Å². The Labute approximate surface area is 59.2 Å². The van der Waals surface area contributed by atoms with Crippen LogP contribution in [-0.4, -0.2) is 0 Å². The standard InChI is InChI=1S/C8H10F2/c1-6-3-2-4-7(9)8(10)5-6/h4-6H,2-3H2,1H3. The minimum absolute atomic E-state index is 0.157. The first-order valence-corrected chi connectivity index (χ1v) is 3.43. The Morgan fingerprint density at radius 3 is 2.80 bits per heavy atom. The van der Waals surface area contributed by atoms with Gasteiger partial charge in [0, 0.05) is 0 Å². The van der Waals surface area contributed by atoms with Gasteiger partial charge in [-0.25, -0.2) is 8.78 Å². The van der Waals surface area contributed by atoms with Crippen molar-refractivity contribution in [1.29, 1.82) is 0 Å². The first kappa shape index (κ1) is 7.45. The molecule has 0 bridgehead atoms. The number of rotatable bonds is 0. The smallest absolute Gasteiger partial charge is 0.154 e. The molecular weight excluding hydrogens is 134 g/mol. The summed E-state index contributed by atoms with van der Waals surface area (Å²) in [6.45, 7) is 1.88. The second-order valence-electron chi connectivity index (χ2n) is 2.62. The summed E-state index contributed by atoms with van der Waals surface area (Å²) in [7, 11) is 0. The molecule has 1 unspecified atom stereocenters. The Bertz CT molecular complexity index is 180. The molecule has 0 saturated heterocycles. The summed E-state index contributed by atoms with van der Waals surface area (Å²) in [5.74, 6) is -1.25. The molecule has 0 heterocycles. The second-order valence-corrected chi connectivity index (χ2v) is 2.62. The molecule has 0 radical (unpaired) electrons. The first-order valence-electron chi connectivity index (χ1n) is 3.43. The van der Waals surface area contributed by atoms with Crippen LogP contribution in [0.4, 0.5) is 8.78 Å². The molecule has 1 aliphatic carbocycles. The quantitative estimate of drug-likeness (QED) is 0.490. The van der Waals surface area contributed by atoms with E-state index in [4.69, 9.17) is 0 Å². The topological polar surface area (TPSA) is 0 Å². The first-order chi connectivity index (χ1) is 4.70. The maximum atomic E-state index is 12.5. The normalized spacial score (nSPS) is 26.9. The Balaban J connectivity index is 2.77. The highest BCUT2D eigenvalue weighted by Crippen LogP contribution is 2.23. The molecule has 0 N–H and O–H groups in total. The molecule has 1 atom stereocenters. The average Bonchev–Trinajstić information content (AvgIpc) is 1.96. The second kappa shape index (κ2) is 2.95. The van der Waals surface area contributed by atoms with Gasteiger partial charge in [-0.05, 0) is 30.9 Å². The summed E-state index contributed by atoms with van der Waals surface area (Å²) in [5.41, 5.74) is 0. The largest absolute Gasteiger partial charge is 0.204 e. The van der Waals surface area contributed by atoms with Gasteiger partial charge in [-0.15, -0.1) is 0 Å². The molecule has 1 aliphatic rings. The molecule has 0 aromatic heterocycles. The van der Waals surface area contributed by atoms with Crippen molar-refractivity contribution in [3.8, 4) is 0 Å². The Morgan fingerprint density at radius 1 is 1.40 bits per heavy atom. The van der Waals surface area contributed by atoms with Crippen LogP contribution in [0.5, 0.6) is 0 Å². The van der Waals surface area contributed by atoms with Crippen molar-refractivity contribution in [1.82, 2.24) is 0 Å². The van der Waals surface area contributed by atoms with Crippen molar-refractivity contribution in [3.63, 3.8) is 0 Å². The summed E-state index contributed by atoms with van der Waals surface area (Å²) in [4.78, 5) is 0. The number of halogens is 2. The molecule has 0 spiro atoms. The fourth-order valence-electron chi connectivity index (χ4n) is 0.983. The van der Waals surface area contributed by atoms with Crippen LogP contribution in [0.2, 0.25) is 0 Å². The molecule has 0 saturated carbocycles. The highest BCUT2D eigenvalue weighted by Gasteiger charge is 2.09. The van der Waals surface area contributed by atoms with Crippen molar-refractivity contribution in [2.75, 3.05) is 0 Å². The third-order valence-electron chi connectivity index (χ3n) is 1.60. The Hall–Kier alpha value is -0.660. The summed E-state index contributed by atoms with van der Waals surface area (Å²) in [5, 5.41) is 0. The molecule has 0 amide bonds.